The van der Waals surface area contributed by atoms with Crippen molar-refractivity contribution in [2.45, 2.75) is 6.42 Å². The van der Waals surface area contributed by atoms with Crippen LogP contribution < -0.4 is 5.32 Å². The molecule has 22 heavy (non-hydrogen) atoms. The first-order valence-electron chi connectivity index (χ1n) is 6.36. The number of rotatable bonds is 4. The van der Waals surface area contributed by atoms with E-state index in [-0.39, 0.29) is 5.91 Å². The Morgan fingerprint density at radius 1 is 1.14 bits per heavy atom. The summed E-state index contributed by atoms with van der Waals surface area (Å²) in [5.74, 6) is -0.101. The molecular weight excluding hydrogens is 359 g/mol. The largest absolute Gasteiger partial charge is 0.302 e. The van der Waals surface area contributed by atoms with Crippen LogP contribution in [0.4, 0.5) is 5.13 Å². The molecule has 0 saturated carbocycles. The quantitative estimate of drug-likeness (QED) is 0.673. The molecule has 3 rings (SSSR count). The van der Waals surface area contributed by atoms with E-state index >= 15 is 0 Å². The maximum absolute atomic E-state index is 12.0. The van der Waals surface area contributed by atoms with Crippen molar-refractivity contribution in [2.24, 2.45) is 0 Å². The van der Waals surface area contributed by atoms with Crippen molar-refractivity contribution >= 4 is 56.9 Å². The summed E-state index contributed by atoms with van der Waals surface area (Å²) >= 11 is 14.5. The summed E-state index contributed by atoms with van der Waals surface area (Å²) in [6.07, 6.45) is 0.299. The number of thiazole rings is 1. The number of amides is 1. The van der Waals surface area contributed by atoms with E-state index in [1.165, 1.54) is 22.7 Å². The van der Waals surface area contributed by atoms with Gasteiger partial charge in [-0.2, -0.15) is 0 Å². The molecule has 0 aliphatic heterocycles. The Morgan fingerprint density at radius 2 is 1.91 bits per heavy atom. The van der Waals surface area contributed by atoms with Gasteiger partial charge in [0.1, 0.15) is 0 Å². The number of thiophene rings is 1. The lowest BCUT2D eigenvalue weighted by atomic mass is 10.2. The van der Waals surface area contributed by atoms with Crippen LogP contribution in [0.2, 0.25) is 9.36 Å². The maximum atomic E-state index is 12.0. The number of nitrogens with one attached hydrogen (secondary N) is 1. The molecule has 7 heteroatoms. The first kappa shape index (κ1) is 15.5. The average Bonchev–Trinajstić information content (AvgIpc) is 3.09. The lowest BCUT2D eigenvalue weighted by Crippen LogP contribution is -2.13. The summed E-state index contributed by atoms with van der Waals surface area (Å²) in [6, 6.07) is 11.1. The Bertz CT molecular complexity index is 796. The first-order chi connectivity index (χ1) is 10.6. The molecule has 1 aromatic carbocycles. The SMILES string of the molecule is O=C(Cc1ccc(Cl)s1)Nc1nc(-c2ccc(Cl)cc2)cs1. The lowest BCUT2D eigenvalue weighted by molar-refractivity contribution is -0.115. The molecule has 0 fully saturated rings. The minimum atomic E-state index is -0.101. The maximum Gasteiger partial charge on any atom is 0.231 e. The first-order valence-corrected chi connectivity index (χ1v) is 8.81. The number of nitrogens with zero attached hydrogens (tertiary/aromatic N) is 1. The van der Waals surface area contributed by atoms with E-state index in [2.05, 4.69) is 10.3 Å². The smallest absolute Gasteiger partial charge is 0.231 e. The average molecular weight is 369 g/mol. The highest BCUT2D eigenvalue weighted by molar-refractivity contribution is 7.16. The fourth-order valence-corrected chi connectivity index (χ4v) is 3.80. The van der Waals surface area contributed by atoms with Crippen molar-refractivity contribution in [1.29, 1.82) is 0 Å². The highest BCUT2D eigenvalue weighted by Gasteiger charge is 2.10. The molecule has 0 spiro atoms. The number of anilines is 1. The zero-order chi connectivity index (χ0) is 15.5. The van der Waals surface area contributed by atoms with Crippen molar-refractivity contribution < 1.29 is 4.79 Å². The highest BCUT2D eigenvalue weighted by Crippen LogP contribution is 2.26. The van der Waals surface area contributed by atoms with Gasteiger partial charge in [0.25, 0.3) is 0 Å². The fourth-order valence-electron chi connectivity index (χ4n) is 1.85. The number of carbonyl (C=O) groups is 1. The van der Waals surface area contributed by atoms with Gasteiger partial charge in [0, 0.05) is 20.8 Å². The van der Waals surface area contributed by atoms with Crippen molar-refractivity contribution in [1.82, 2.24) is 4.98 Å². The molecule has 0 radical (unpaired) electrons. The summed E-state index contributed by atoms with van der Waals surface area (Å²) in [5, 5.41) is 5.97. The monoisotopic (exact) mass is 368 g/mol. The minimum Gasteiger partial charge on any atom is -0.302 e. The summed E-state index contributed by atoms with van der Waals surface area (Å²) in [5.41, 5.74) is 1.78. The van der Waals surface area contributed by atoms with Gasteiger partial charge in [-0.3, -0.25) is 4.79 Å². The van der Waals surface area contributed by atoms with Crippen molar-refractivity contribution in [2.75, 3.05) is 5.32 Å². The molecule has 0 aliphatic rings. The molecule has 112 valence electrons. The normalized spacial score (nSPS) is 10.6. The summed E-state index contributed by atoms with van der Waals surface area (Å²) in [6.45, 7) is 0. The van der Waals surface area contributed by atoms with Crippen LogP contribution in [0, 0.1) is 0 Å². The molecule has 3 nitrogen and oxygen atoms in total. The highest BCUT2D eigenvalue weighted by atomic mass is 35.5. The third-order valence-electron chi connectivity index (χ3n) is 2.85. The van der Waals surface area contributed by atoms with Gasteiger partial charge in [-0.25, -0.2) is 4.98 Å². The van der Waals surface area contributed by atoms with Gasteiger partial charge in [0.15, 0.2) is 5.13 Å². The third-order valence-corrected chi connectivity index (χ3v) is 5.10. The molecule has 2 heterocycles. The van der Waals surface area contributed by atoms with Gasteiger partial charge in [-0.1, -0.05) is 35.3 Å². The Hall–Kier alpha value is -1.40. The predicted octanol–water partition coefficient (Wildman–Crippen LogP) is 5.36. The second-order valence-electron chi connectivity index (χ2n) is 4.48. The lowest BCUT2D eigenvalue weighted by Gasteiger charge is -2.00. The molecule has 0 aliphatic carbocycles. The van der Waals surface area contributed by atoms with E-state index in [0.29, 0.717) is 20.9 Å². The number of hydrogen-bond acceptors (Lipinski definition) is 4. The van der Waals surface area contributed by atoms with Crippen LogP contribution in [0.1, 0.15) is 4.88 Å². The number of carbonyl (C=O) groups excluding carboxylic acids is 1. The molecule has 0 bridgehead atoms. The Balaban J connectivity index is 1.66. The zero-order valence-electron chi connectivity index (χ0n) is 11.2. The topological polar surface area (TPSA) is 42.0 Å². The Morgan fingerprint density at radius 3 is 2.59 bits per heavy atom. The van der Waals surface area contributed by atoms with Crippen LogP contribution in [0.3, 0.4) is 0 Å². The van der Waals surface area contributed by atoms with E-state index in [0.717, 1.165) is 16.1 Å². The molecule has 0 unspecified atom stereocenters. The summed E-state index contributed by atoms with van der Waals surface area (Å²) < 4.78 is 0.682. The molecule has 2 aromatic heterocycles. The third kappa shape index (κ3) is 3.87. The molecule has 0 saturated heterocycles. The molecule has 1 amide bonds. The van der Waals surface area contributed by atoms with E-state index in [1.54, 1.807) is 6.07 Å². The van der Waals surface area contributed by atoms with E-state index < -0.39 is 0 Å². The summed E-state index contributed by atoms with van der Waals surface area (Å²) in [7, 11) is 0. The van der Waals surface area contributed by atoms with Crippen LogP contribution in [0.25, 0.3) is 11.3 Å². The van der Waals surface area contributed by atoms with Crippen LogP contribution in [-0.2, 0) is 11.2 Å². The fraction of sp³-hybridized carbons (Fsp3) is 0.0667. The number of hydrogen-bond donors (Lipinski definition) is 1. The number of aromatic nitrogens is 1. The Kier molecular flexibility index (Phi) is 4.78. The van der Waals surface area contributed by atoms with Crippen LogP contribution in [0.5, 0.6) is 0 Å². The molecule has 0 atom stereocenters. The molecule has 3 aromatic rings. The number of benzene rings is 1. The van der Waals surface area contributed by atoms with Crippen molar-refractivity contribution in [3.63, 3.8) is 0 Å². The van der Waals surface area contributed by atoms with Crippen molar-refractivity contribution in [3.8, 4) is 11.3 Å². The van der Waals surface area contributed by atoms with Gasteiger partial charge < -0.3 is 5.32 Å². The van der Waals surface area contributed by atoms with Gasteiger partial charge >= 0.3 is 0 Å². The second-order valence-corrected chi connectivity index (χ2v) is 7.57. The van der Waals surface area contributed by atoms with E-state index in [1.807, 2.05) is 35.7 Å². The van der Waals surface area contributed by atoms with Gasteiger partial charge in [0.2, 0.25) is 5.91 Å². The van der Waals surface area contributed by atoms with E-state index in [4.69, 9.17) is 23.2 Å². The molecule has 1 N–H and O–H groups in total. The zero-order valence-corrected chi connectivity index (χ0v) is 14.3. The summed E-state index contributed by atoms with van der Waals surface area (Å²) in [4.78, 5) is 17.3. The van der Waals surface area contributed by atoms with Gasteiger partial charge in [-0.15, -0.1) is 22.7 Å². The van der Waals surface area contributed by atoms with Gasteiger partial charge in [-0.05, 0) is 24.3 Å². The standard InChI is InChI=1S/C15H10Cl2N2OS2/c16-10-3-1-9(2-4-10)12-8-21-15(18-12)19-14(20)7-11-5-6-13(17)22-11/h1-6,8H,7H2,(H,18,19,20). The number of halogens is 2. The van der Waals surface area contributed by atoms with E-state index in [9.17, 15) is 4.79 Å². The van der Waals surface area contributed by atoms with Crippen LogP contribution >= 0.6 is 45.9 Å². The van der Waals surface area contributed by atoms with Gasteiger partial charge in [0.05, 0.1) is 16.5 Å². The minimum absolute atomic E-state index is 0.101. The second kappa shape index (κ2) is 6.79. The molecular formula is C15H10Cl2N2OS2. The van der Waals surface area contributed by atoms with Crippen LogP contribution in [0.15, 0.2) is 41.8 Å². The van der Waals surface area contributed by atoms with Crippen LogP contribution in [-0.4, -0.2) is 10.9 Å². The van der Waals surface area contributed by atoms with Crippen molar-refractivity contribution in [3.05, 3.63) is 56.0 Å². The predicted molar refractivity (Wildman–Crippen MR) is 94.2 cm³/mol. The Labute approximate surface area is 145 Å².